The van der Waals surface area contributed by atoms with Crippen LogP contribution in [0.15, 0.2) is 11.8 Å². The zero-order valence-corrected chi connectivity index (χ0v) is 11.3. The first-order chi connectivity index (χ1) is 8.77. The SMILES string of the molecule is O=[N+]([O-])C=C1CCCCCC1C1CCCCCC1. The predicted molar refractivity (Wildman–Crippen MR) is 72.8 cm³/mol. The molecule has 102 valence electrons. The lowest BCUT2D eigenvalue weighted by atomic mass is 9.79. The van der Waals surface area contributed by atoms with Gasteiger partial charge in [-0.15, -0.1) is 0 Å². The second-order valence-electron chi connectivity index (χ2n) is 5.95. The Bertz CT molecular complexity index is 304. The number of nitro groups is 1. The van der Waals surface area contributed by atoms with Crippen LogP contribution in [-0.4, -0.2) is 4.92 Å². The Labute approximate surface area is 110 Å². The van der Waals surface area contributed by atoms with Crippen molar-refractivity contribution in [1.82, 2.24) is 0 Å². The van der Waals surface area contributed by atoms with E-state index in [2.05, 4.69) is 0 Å². The molecule has 1 atom stereocenters. The van der Waals surface area contributed by atoms with Gasteiger partial charge in [-0.05, 0) is 43.9 Å². The second kappa shape index (κ2) is 6.91. The lowest BCUT2D eigenvalue weighted by molar-refractivity contribution is -0.404. The highest BCUT2D eigenvalue weighted by atomic mass is 16.6. The summed E-state index contributed by atoms with van der Waals surface area (Å²) >= 11 is 0. The monoisotopic (exact) mass is 251 g/mol. The van der Waals surface area contributed by atoms with Crippen molar-refractivity contribution in [3.05, 3.63) is 21.9 Å². The average molecular weight is 251 g/mol. The summed E-state index contributed by atoms with van der Waals surface area (Å²) in [6.45, 7) is 0. The fraction of sp³-hybridized carbons (Fsp3) is 0.867. The summed E-state index contributed by atoms with van der Waals surface area (Å²) in [5.74, 6) is 1.23. The van der Waals surface area contributed by atoms with Gasteiger partial charge in [-0.1, -0.05) is 38.5 Å². The van der Waals surface area contributed by atoms with E-state index in [0.29, 0.717) is 5.92 Å². The molecule has 0 bridgehead atoms. The summed E-state index contributed by atoms with van der Waals surface area (Å²) in [6, 6.07) is 0. The van der Waals surface area contributed by atoms with E-state index in [1.165, 1.54) is 64.0 Å². The molecule has 2 aliphatic rings. The minimum absolute atomic E-state index is 0.232. The van der Waals surface area contributed by atoms with E-state index in [1.54, 1.807) is 0 Å². The molecule has 0 radical (unpaired) electrons. The number of rotatable bonds is 2. The van der Waals surface area contributed by atoms with Crippen LogP contribution in [0, 0.1) is 22.0 Å². The van der Waals surface area contributed by atoms with Crippen molar-refractivity contribution in [2.75, 3.05) is 0 Å². The largest absolute Gasteiger partial charge is 0.259 e. The first-order valence-electron chi connectivity index (χ1n) is 7.61. The smallest absolute Gasteiger partial charge is 0.233 e. The van der Waals surface area contributed by atoms with E-state index in [4.69, 9.17) is 0 Å². The molecule has 0 aliphatic heterocycles. The van der Waals surface area contributed by atoms with E-state index >= 15 is 0 Å². The summed E-state index contributed by atoms with van der Waals surface area (Å²) in [5.41, 5.74) is 1.14. The zero-order valence-electron chi connectivity index (χ0n) is 11.3. The van der Waals surface area contributed by atoms with Crippen molar-refractivity contribution in [2.24, 2.45) is 11.8 Å². The van der Waals surface area contributed by atoms with Crippen molar-refractivity contribution >= 4 is 0 Å². The summed E-state index contributed by atoms with van der Waals surface area (Å²) in [5, 5.41) is 10.8. The van der Waals surface area contributed by atoms with Crippen LogP contribution in [0.5, 0.6) is 0 Å². The van der Waals surface area contributed by atoms with Gasteiger partial charge in [0, 0.05) is 5.57 Å². The third-order valence-electron chi connectivity index (χ3n) is 4.70. The maximum absolute atomic E-state index is 10.8. The molecular weight excluding hydrogens is 226 g/mol. The minimum Gasteiger partial charge on any atom is -0.259 e. The highest BCUT2D eigenvalue weighted by Crippen LogP contribution is 2.39. The van der Waals surface area contributed by atoms with Crippen LogP contribution < -0.4 is 0 Å². The average Bonchev–Trinajstić information content (AvgIpc) is 2.70. The maximum atomic E-state index is 10.8. The maximum Gasteiger partial charge on any atom is 0.233 e. The van der Waals surface area contributed by atoms with Gasteiger partial charge in [0.25, 0.3) is 0 Å². The molecule has 2 fully saturated rings. The normalized spacial score (nSPS) is 29.8. The van der Waals surface area contributed by atoms with Crippen LogP contribution in [0.3, 0.4) is 0 Å². The lowest BCUT2D eigenvalue weighted by Crippen LogP contribution is -2.17. The Morgan fingerprint density at radius 2 is 1.56 bits per heavy atom. The van der Waals surface area contributed by atoms with Crippen molar-refractivity contribution in [2.45, 2.75) is 70.6 Å². The van der Waals surface area contributed by atoms with Crippen LogP contribution in [0.4, 0.5) is 0 Å². The molecule has 1 unspecified atom stereocenters. The first kappa shape index (κ1) is 13.6. The van der Waals surface area contributed by atoms with Crippen LogP contribution in [0.25, 0.3) is 0 Å². The molecule has 3 heteroatoms. The van der Waals surface area contributed by atoms with Gasteiger partial charge in [-0.25, -0.2) is 0 Å². The molecular formula is C15H25NO2. The van der Waals surface area contributed by atoms with Gasteiger partial charge in [-0.2, -0.15) is 0 Å². The molecule has 0 saturated heterocycles. The van der Waals surface area contributed by atoms with Gasteiger partial charge in [0.1, 0.15) is 0 Å². The quantitative estimate of drug-likeness (QED) is 0.405. The van der Waals surface area contributed by atoms with E-state index in [-0.39, 0.29) is 4.92 Å². The minimum atomic E-state index is -0.232. The Morgan fingerprint density at radius 3 is 2.22 bits per heavy atom. The molecule has 0 heterocycles. The standard InChI is InChI=1S/C15H25NO2/c17-16(18)12-14-10-6-3-7-11-15(14)13-8-4-1-2-5-9-13/h12-13,15H,1-11H2. The molecule has 0 aromatic carbocycles. The fourth-order valence-corrected chi connectivity index (χ4v) is 3.79. The van der Waals surface area contributed by atoms with Gasteiger partial charge in [0.2, 0.25) is 6.20 Å². The summed E-state index contributed by atoms with van der Waals surface area (Å²) in [4.78, 5) is 10.6. The fourth-order valence-electron chi connectivity index (χ4n) is 3.79. The highest BCUT2D eigenvalue weighted by molar-refractivity contribution is 5.07. The van der Waals surface area contributed by atoms with Crippen molar-refractivity contribution < 1.29 is 4.92 Å². The third-order valence-corrected chi connectivity index (χ3v) is 4.70. The van der Waals surface area contributed by atoms with Crippen LogP contribution in [-0.2, 0) is 0 Å². The molecule has 0 aromatic rings. The molecule has 0 N–H and O–H groups in total. The molecule has 0 spiro atoms. The number of hydrogen-bond acceptors (Lipinski definition) is 2. The first-order valence-corrected chi connectivity index (χ1v) is 7.61. The van der Waals surface area contributed by atoms with Crippen molar-refractivity contribution in [1.29, 1.82) is 0 Å². The van der Waals surface area contributed by atoms with Gasteiger partial charge in [0.05, 0.1) is 4.92 Å². The molecule has 2 saturated carbocycles. The Balaban J connectivity index is 2.11. The topological polar surface area (TPSA) is 43.1 Å². The molecule has 18 heavy (non-hydrogen) atoms. The second-order valence-corrected chi connectivity index (χ2v) is 5.95. The van der Waals surface area contributed by atoms with Gasteiger partial charge >= 0.3 is 0 Å². The van der Waals surface area contributed by atoms with Gasteiger partial charge in [-0.3, -0.25) is 10.1 Å². The van der Waals surface area contributed by atoms with Gasteiger partial charge < -0.3 is 0 Å². The Hall–Kier alpha value is -0.860. The lowest BCUT2D eigenvalue weighted by Gasteiger charge is -2.26. The van der Waals surface area contributed by atoms with Crippen LogP contribution in [0.2, 0.25) is 0 Å². The van der Waals surface area contributed by atoms with Crippen LogP contribution >= 0.6 is 0 Å². The van der Waals surface area contributed by atoms with E-state index in [0.717, 1.165) is 24.3 Å². The predicted octanol–water partition coefficient (Wildman–Crippen LogP) is 4.70. The van der Waals surface area contributed by atoms with E-state index in [1.807, 2.05) is 0 Å². The molecule has 0 amide bonds. The van der Waals surface area contributed by atoms with Gasteiger partial charge in [0.15, 0.2) is 0 Å². The highest BCUT2D eigenvalue weighted by Gasteiger charge is 2.28. The number of hydrogen-bond donors (Lipinski definition) is 0. The molecule has 2 rings (SSSR count). The molecule has 3 nitrogen and oxygen atoms in total. The van der Waals surface area contributed by atoms with Crippen molar-refractivity contribution in [3.8, 4) is 0 Å². The summed E-state index contributed by atoms with van der Waals surface area (Å²) < 4.78 is 0. The van der Waals surface area contributed by atoms with Crippen LogP contribution in [0.1, 0.15) is 70.6 Å². The summed E-state index contributed by atoms with van der Waals surface area (Å²) in [6.07, 6.45) is 15.1. The molecule has 2 aliphatic carbocycles. The van der Waals surface area contributed by atoms with E-state index in [9.17, 15) is 10.1 Å². The number of allylic oxidation sites excluding steroid dienone is 1. The number of nitrogens with zero attached hydrogens (tertiary/aromatic N) is 1. The summed E-state index contributed by atoms with van der Waals surface area (Å²) in [7, 11) is 0. The third kappa shape index (κ3) is 3.82. The Kier molecular flexibility index (Phi) is 5.21. The zero-order chi connectivity index (χ0) is 12.8. The van der Waals surface area contributed by atoms with E-state index < -0.39 is 0 Å². The molecule has 0 aromatic heterocycles. The Morgan fingerprint density at radius 1 is 0.944 bits per heavy atom. The van der Waals surface area contributed by atoms with Crippen molar-refractivity contribution in [3.63, 3.8) is 0 Å².